The summed E-state index contributed by atoms with van der Waals surface area (Å²) in [4.78, 5) is 30.2. The van der Waals surface area contributed by atoms with Crippen molar-refractivity contribution in [3.05, 3.63) is 22.7 Å². The van der Waals surface area contributed by atoms with Gasteiger partial charge in [0, 0.05) is 6.08 Å². The van der Waals surface area contributed by atoms with Crippen LogP contribution in [0.4, 0.5) is 0 Å². The summed E-state index contributed by atoms with van der Waals surface area (Å²) in [7, 11) is 0. The van der Waals surface area contributed by atoms with Crippen LogP contribution in [0.2, 0.25) is 0 Å². The van der Waals surface area contributed by atoms with E-state index in [2.05, 4.69) is 28.1 Å². The van der Waals surface area contributed by atoms with Crippen LogP contribution in [0.3, 0.4) is 0 Å². The van der Waals surface area contributed by atoms with Crippen LogP contribution in [0.1, 0.15) is 12.8 Å². The molecule has 0 heterocycles. The number of allylic oxidation sites excluding steroid dienone is 2. The predicted octanol–water partition coefficient (Wildman–Crippen LogP) is 1.72. The van der Waals surface area contributed by atoms with Gasteiger partial charge in [-0.15, -0.1) is 0 Å². The molecule has 2 aliphatic carbocycles. The lowest BCUT2D eigenvalue weighted by molar-refractivity contribution is -0.142. The molecule has 2 rings (SSSR count). The molecule has 3 atom stereocenters. The van der Waals surface area contributed by atoms with Crippen molar-refractivity contribution >= 4 is 33.8 Å². The molecule has 19 heavy (non-hydrogen) atoms. The highest BCUT2D eigenvalue weighted by atomic mass is 79.9. The van der Waals surface area contributed by atoms with E-state index < -0.39 is 17.9 Å². The summed E-state index contributed by atoms with van der Waals surface area (Å²) in [6, 6.07) is 0. The van der Waals surface area contributed by atoms with Crippen molar-refractivity contribution in [1.82, 2.24) is 0 Å². The van der Waals surface area contributed by atoms with Gasteiger partial charge in [-0.2, -0.15) is 0 Å². The number of fused-ring (bicyclic) bond motifs is 2. The van der Waals surface area contributed by atoms with Gasteiger partial charge in [0.2, 0.25) is 0 Å². The van der Waals surface area contributed by atoms with E-state index in [1.807, 2.05) is 0 Å². The van der Waals surface area contributed by atoms with E-state index in [0.717, 1.165) is 12.8 Å². The molecule has 0 saturated heterocycles. The summed E-state index contributed by atoms with van der Waals surface area (Å²) in [5.74, 6) is -2.35. The van der Waals surface area contributed by atoms with Crippen LogP contribution in [0.15, 0.2) is 22.7 Å². The largest absolute Gasteiger partial charge is 0.481 e. The van der Waals surface area contributed by atoms with E-state index in [4.69, 9.17) is 15.3 Å². The monoisotopic (exact) mass is 332 g/mol. The Hall–Kier alpha value is -1.63. The second-order valence-corrected chi connectivity index (χ2v) is 5.21. The average molecular weight is 333 g/mol. The maximum absolute atomic E-state index is 10.6. The molecular formula is C12H13BrO6. The minimum atomic E-state index is -1.29. The molecule has 0 spiro atoms. The molecule has 3 N–H and O–H groups in total. The Morgan fingerprint density at radius 3 is 1.95 bits per heavy atom. The van der Waals surface area contributed by atoms with Gasteiger partial charge in [0.1, 0.15) is 4.48 Å². The van der Waals surface area contributed by atoms with Gasteiger partial charge in [0.15, 0.2) is 0 Å². The molecule has 7 heteroatoms. The first kappa shape index (κ1) is 15.4. The van der Waals surface area contributed by atoms with Crippen molar-refractivity contribution in [2.45, 2.75) is 12.8 Å². The van der Waals surface area contributed by atoms with Gasteiger partial charge < -0.3 is 15.3 Å². The van der Waals surface area contributed by atoms with E-state index in [1.165, 1.54) is 0 Å². The summed E-state index contributed by atoms with van der Waals surface area (Å²) in [6.07, 6.45) is 6.73. The third kappa shape index (κ3) is 4.51. The third-order valence-corrected chi connectivity index (χ3v) is 3.62. The minimum Gasteiger partial charge on any atom is -0.481 e. The molecule has 1 saturated carbocycles. The number of halogens is 1. The molecule has 104 valence electrons. The molecule has 3 unspecified atom stereocenters. The van der Waals surface area contributed by atoms with E-state index in [9.17, 15) is 14.4 Å². The lowest BCUT2D eigenvalue weighted by Crippen LogP contribution is -2.17. The molecule has 2 bridgehead atoms. The fourth-order valence-corrected chi connectivity index (χ4v) is 2.43. The first-order chi connectivity index (χ1) is 8.81. The number of rotatable bonds is 3. The van der Waals surface area contributed by atoms with E-state index in [0.29, 0.717) is 17.9 Å². The average Bonchev–Trinajstić information content (AvgIpc) is 2.90. The normalized spacial score (nSPS) is 27.6. The summed E-state index contributed by atoms with van der Waals surface area (Å²) < 4.78 is -0.366. The Bertz CT molecular complexity index is 453. The molecule has 0 aromatic rings. The maximum atomic E-state index is 10.6. The van der Waals surface area contributed by atoms with Crippen molar-refractivity contribution in [1.29, 1.82) is 0 Å². The van der Waals surface area contributed by atoms with Gasteiger partial charge in [-0.25, -0.2) is 9.59 Å². The lowest BCUT2D eigenvalue weighted by Gasteiger charge is -2.11. The van der Waals surface area contributed by atoms with Gasteiger partial charge in [0.25, 0.3) is 0 Å². The zero-order valence-corrected chi connectivity index (χ0v) is 11.4. The van der Waals surface area contributed by atoms with Crippen LogP contribution in [0.25, 0.3) is 0 Å². The highest BCUT2D eigenvalue weighted by Gasteiger charge is 2.39. The summed E-state index contributed by atoms with van der Waals surface area (Å²) in [5, 5.41) is 24.7. The zero-order chi connectivity index (χ0) is 14.6. The van der Waals surface area contributed by atoms with Gasteiger partial charge >= 0.3 is 17.9 Å². The van der Waals surface area contributed by atoms with Gasteiger partial charge in [-0.3, -0.25) is 4.79 Å². The highest BCUT2D eigenvalue weighted by molar-refractivity contribution is 9.12. The third-order valence-electron chi connectivity index (χ3n) is 3.05. The maximum Gasteiger partial charge on any atom is 0.343 e. The number of aliphatic carboxylic acids is 3. The summed E-state index contributed by atoms with van der Waals surface area (Å²) in [5.41, 5.74) is 0. The number of carboxylic acids is 3. The van der Waals surface area contributed by atoms with Crippen LogP contribution in [0.5, 0.6) is 0 Å². The smallest absolute Gasteiger partial charge is 0.343 e. The van der Waals surface area contributed by atoms with Crippen LogP contribution >= 0.6 is 15.9 Å². The van der Waals surface area contributed by atoms with Crippen molar-refractivity contribution in [2.24, 2.45) is 17.8 Å². The quantitative estimate of drug-likeness (QED) is 0.535. The molecule has 0 aromatic heterocycles. The SMILES string of the molecule is O=C(O)C1CC2C=CC1C2.O=C(O)C=C(Br)C(=O)O. The van der Waals surface area contributed by atoms with Crippen molar-refractivity contribution in [3.63, 3.8) is 0 Å². The molecule has 0 radical (unpaired) electrons. The second kappa shape index (κ2) is 6.51. The fraction of sp³-hybridized carbons (Fsp3) is 0.417. The highest BCUT2D eigenvalue weighted by Crippen LogP contribution is 2.43. The van der Waals surface area contributed by atoms with E-state index in [-0.39, 0.29) is 10.4 Å². The van der Waals surface area contributed by atoms with Crippen LogP contribution in [-0.2, 0) is 14.4 Å². The molecule has 6 nitrogen and oxygen atoms in total. The number of carboxylic acid groups (broad SMARTS) is 3. The van der Waals surface area contributed by atoms with Crippen LogP contribution in [-0.4, -0.2) is 33.2 Å². The Kier molecular flexibility index (Phi) is 5.29. The first-order valence-corrected chi connectivity index (χ1v) is 6.35. The second-order valence-electron chi connectivity index (χ2n) is 4.36. The van der Waals surface area contributed by atoms with Gasteiger partial charge in [0.05, 0.1) is 5.92 Å². The minimum absolute atomic E-state index is 0.0741. The lowest BCUT2D eigenvalue weighted by atomic mass is 9.94. The van der Waals surface area contributed by atoms with E-state index >= 15 is 0 Å². The number of hydrogen-bond donors (Lipinski definition) is 3. The zero-order valence-electron chi connectivity index (χ0n) is 9.82. The predicted molar refractivity (Wildman–Crippen MR) is 68.8 cm³/mol. The molecule has 0 amide bonds. The topological polar surface area (TPSA) is 112 Å². The van der Waals surface area contributed by atoms with Crippen molar-refractivity contribution in [3.8, 4) is 0 Å². The van der Waals surface area contributed by atoms with Crippen LogP contribution < -0.4 is 0 Å². The molecule has 0 aromatic carbocycles. The molecule has 2 aliphatic rings. The molecule has 0 aliphatic heterocycles. The van der Waals surface area contributed by atoms with Gasteiger partial charge in [-0.05, 0) is 40.6 Å². The van der Waals surface area contributed by atoms with Crippen LogP contribution in [0, 0.1) is 17.8 Å². The van der Waals surface area contributed by atoms with Crippen molar-refractivity contribution < 1.29 is 29.7 Å². The molecule has 1 fully saturated rings. The van der Waals surface area contributed by atoms with Crippen molar-refractivity contribution in [2.75, 3.05) is 0 Å². The Labute approximate surface area is 117 Å². The Morgan fingerprint density at radius 2 is 1.74 bits per heavy atom. The summed E-state index contributed by atoms with van der Waals surface area (Å²) in [6.45, 7) is 0. The standard InChI is InChI=1S/C8H10O2.C4H3BrO4/c9-8(10)7-4-5-1-2-6(7)3-5;5-2(4(8)9)1-3(6)7/h1-2,5-7H,3-4H2,(H,9,10);1H,(H,6,7)(H,8,9). The molecular weight excluding hydrogens is 320 g/mol. The number of hydrogen-bond acceptors (Lipinski definition) is 3. The fourth-order valence-electron chi connectivity index (χ4n) is 2.23. The Morgan fingerprint density at radius 1 is 1.11 bits per heavy atom. The van der Waals surface area contributed by atoms with Gasteiger partial charge in [-0.1, -0.05) is 12.2 Å². The number of carbonyl (C=O) groups is 3. The first-order valence-electron chi connectivity index (χ1n) is 5.55. The Balaban J connectivity index is 0.000000192. The van der Waals surface area contributed by atoms with E-state index in [1.54, 1.807) is 0 Å². The summed E-state index contributed by atoms with van der Waals surface area (Å²) >= 11 is 2.52.